The average molecular weight is 460 g/mol. The predicted molar refractivity (Wildman–Crippen MR) is 126 cm³/mol. The van der Waals surface area contributed by atoms with Gasteiger partial charge in [-0.25, -0.2) is 9.07 Å². The molecular weight excluding hydrogens is 433 g/mol. The fourth-order valence-corrected chi connectivity index (χ4v) is 4.53. The topological polar surface area (TPSA) is 77.1 Å². The van der Waals surface area contributed by atoms with Crippen molar-refractivity contribution in [3.8, 4) is 28.5 Å². The first-order valence-electron chi connectivity index (χ1n) is 11.5. The predicted octanol–water partition coefficient (Wildman–Crippen LogP) is 5.22. The van der Waals surface area contributed by atoms with Crippen LogP contribution in [0.3, 0.4) is 0 Å². The van der Waals surface area contributed by atoms with Crippen molar-refractivity contribution in [3.63, 3.8) is 0 Å². The van der Waals surface area contributed by atoms with E-state index in [0.717, 1.165) is 48.4 Å². The van der Waals surface area contributed by atoms with E-state index in [1.807, 2.05) is 36.1 Å². The van der Waals surface area contributed by atoms with Crippen molar-refractivity contribution in [2.45, 2.75) is 33.6 Å². The Morgan fingerprint density at radius 1 is 1.06 bits per heavy atom. The molecular formula is C26H26FN5O2. The van der Waals surface area contributed by atoms with Crippen molar-refractivity contribution >= 4 is 5.91 Å². The Kier molecular flexibility index (Phi) is 5.73. The van der Waals surface area contributed by atoms with Crippen molar-refractivity contribution in [1.82, 2.24) is 24.9 Å². The standard InChI is InChI=1S/C26H26FN5O2/c1-16-5-4-14-31(15-16)26(33)20-8-12-22(13-9-20)32-24(19-6-10-21(27)11-7-19)17(2)23(30-32)25-29-28-18(3)34-25/h6-13,16H,4-5,14-15H2,1-3H3. The lowest BCUT2D eigenvalue weighted by atomic mass is 9.99. The highest BCUT2D eigenvalue weighted by atomic mass is 19.1. The van der Waals surface area contributed by atoms with Crippen molar-refractivity contribution in [2.24, 2.45) is 5.92 Å². The van der Waals surface area contributed by atoms with Gasteiger partial charge in [-0.05, 0) is 74.2 Å². The number of benzene rings is 2. The Morgan fingerprint density at radius 3 is 2.44 bits per heavy atom. The van der Waals surface area contributed by atoms with E-state index in [1.54, 1.807) is 23.7 Å². The highest BCUT2D eigenvalue weighted by Crippen LogP contribution is 2.33. The normalized spacial score (nSPS) is 16.1. The number of carbonyl (C=O) groups excluding carboxylic acids is 1. The van der Waals surface area contributed by atoms with Gasteiger partial charge in [0.25, 0.3) is 11.8 Å². The first-order chi connectivity index (χ1) is 16.4. The van der Waals surface area contributed by atoms with Crippen molar-refractivity contribution in [2.75, 3.05) is 13.1 Å². The summed E-state index contributed by atoms with van der Waals surface area (Å²) >= 11 is 0. The Bertz CT molecular complexity index is 1320. The number of amides is 1. The summed E-state index contributed by atoms with van der Waals surface area (Å²) in [6.07, 6.45) is 2.20. The molecule has 8 heteroatoms. The molecule has 5 rings (SSSR count). The maximum Gasteiger partial charge on any atom is 0.268 e. The third-order valence-corrected chi connectivity index (χ3v) is 6.27. The number of rotatable bonds is 4. The van der Waals surface area contributed by atoms with Crippen LogP contribution in [-0.2, 0) is 0 Å². The lowest BCUT2D eigenvalue weighted by Crippen LogP contribution is -2.39. The van der Waals surface area contributed by atoms with Crippen LogP contribution in [0, 0.1) is 25.6 Å². The summed E-state index contributed by atoms with van der Waals surface area (Å²) in [5, 5.41) is 12.8. The lowest BCUT2D eigenvalue weighted by molar-refractivity contribution is 0.0683. The van der Waals surface area contributed by atoms with Gasteiger partial charge in [-0.15, -0.1) is 10.2 Å². The van der Waals surface area contributed by atoms with E-state index in [4.69, 9.17) is 9.52 Å². The smallest absolute Gasteiger partial charge is 0.268 e. The highest BCUT2D eigenvalue weighted by Gasteiger charge is 2.24. The number of aryl methyl sites for hydroxylation is 1. The molecule has 0 aliphatic carbocycles. The van der Waals surface area contributed by atoms with Crippen molar-refractivity contribution in [1.29, 1.82) is 0 Å². The van der Waals surface area contributed by atoms with Crippen molar-refractivity contribution in [3.05, 3.63) is 71.4 Å². The molecule has 1 aliphatic heterocycles. The van der Waals surface area contributed by atoms with E-state index < -0.39 is 0 Å². The molecule has 1 amide bonds. The first-order valence-corrected chi connectivity index (χ1v) is 11.5. The van der Waals surface area contributed by atoms with Gasteiger partial charge in [0.05, 0.1) is 11.4 Å². The number of carbonyl (C=O) groups is 1. The Hall–Kier alpha value is -3.81. The maximum atomic E-state index is 13.6. The molecule has 34 heavy (non-hydrogen) atoms. The molecule has 0 bridgehead atoms. The zero-order valence-corrected chi connectivity index (χ0v) is 19.5. The largest absolute Gasteiger partial charge is 0.420 e. The molecule has 2 aromatic heterocycles. The molecule has 1 unspecified atom stereocenters. The van der Waals surface area contributed by atoms with Gasteiger partial charge in [0, 0.05) is 36.7 Å². The van der Waals surface area contributed by atoms with Crippen LogP contribution < -0.4 is 0 Å². The third kappa shape index (κ3) is 4.11. The zero-order valence-electron chi connectivity index (χ0n) is 19.5. The number of hydrogen-bond donors (Lipinski definition) is 0. The molecule has 4 aromatic rings. The molecule has 0 radical (unpaired) electrons. The molecule has 3 heterocycles. The molecule has 7 nitrogen and oxygen atoms in total. The maximum absolute atomic E-state index is 13.6. The molecule has 0 N–H and O–H groups in total. The Balaban J connectivity index is 1.54. The SMILES string of the molecule is Cc1nnc(-c2nn(-c3ccc(C(=O)N4CCCC(C)C4)cc3)c(-c3ccc(F)cc3)c2C)o1. The Morgan fingerprint density at radius 2 is 1.79 bits per heavy atom. The number of nitrogens with zero attached hydrogens (tertiary/aromatic N) is 5. The molecule has 1 saturated heterocycles. The second-order valence-corrected chi connectivity index (χ2v) is 8.91. The molecule has 1 fully saturated rings. The molecule has 0 spiro atoms. The monoisotopic (exact) mass is 459 g/mol. The highest BCUT2D eigenvalue weighted by molar-refractivity contribution is 5.94. The fraction of sp³-hybridized carbons (Fsp3) is 0.308. The second kappa shape index (κ2) is 8.85. The summed E-state index contributed by atoms with van der Waals surface area (Å²) in [5.74, 6) is 1.03. The third-order valence-electron chi connectivity index (χ3n) is 6.27. The number of piperidine rings is 1. The molecule has 2 aromatic carbocycles. The molecule has 1 atom stereocenters. The lowest BCUT2D eigenvalue weighted by Gasteiger charge is -2.31. The summed E-state index contributed by atoms with van der Waals surface area (Å²) in [6, 6.07) is 13.7. The van der Waals surface area contributed by atoms with Crippen LogP contribution in [0.5, 0.6) is 0 Å². The van der Waals surface area contributed by atoms with E-state index in [0.29, 0.717) is 29.0 Å². The fourth-order valence-electron chi connectivity index (χ4n) is 4.53. The Labute approximate surface area is 197 Å². The van der Waals surface area contributed by atoms with E-state index in [1.165, 1.54) is 12.1 Å². The molecule has 0 saturated carbocycles. The summed E-state index contributed by atoms with van der Waals surface area (Å²) in [6.45, 7) is 7.42. The van der Waals surface area contributed by atoms with Gasteiger partial charge in [-0.2, -0.15) is 5.10 Å². The summed E-state index contributed by atoms with van der Waals surface area (Å²) in [4.78, 5) is 14.9. The van der Waals surface area contributed by atoms with Gasteiger partial charge >= 0.3 is 0 Å². The van der Waals surface area contributed by atoms with Crippen LogP contribution in [0.1, 0.15) is 41.6 Å². The number of hydrogen-bond acceptors (Lipinski definition) is 5. The van der Waals surface area contributed by atoms with Crippen LogP contribution in [0.4, 0.5) is 4.39 Å². The van der Waals surface area contributed by atoms with Crippen LogP contribution in [0.25, 0.3) is 28.5 Å². The van der Waals surface area contributed by atoms with Gasteiger partial charge in [0.1, 0.15) is 5.82 Å². The van der Waals surface area contributed by atoms with E-state index in [9.17, 15) is 9.18 Å². The zero-order chi connectivity index (χ0) is 23.8. The minimum Gasteiger partial charge on any atom is -0.420 e. The average Bonchev–Trinajstić information content (AvgIpc) is 3.42. The van der Waals surface area contributed by atoms with Crippen LogP contribution in [0.2, 0.25) is 0 Å². The molecule has 174 valence electrons. The quantitative estimate of drug-likeness (QED) is 0.418. The minimum atomic E-state index is -0.310. The van der Waals surface area contributed by atoms with E-state index in [-0.39, 0.29) is 11.7 Å². The second-order valence-electron chi connectivity index (χ2n) is 8.91. The van der Waals surface area contributed by atoms with Crippen molar-refractivity contribution < 1.29 is 13.6 Å². The minimum absolute atomic E-state index is 0.0514. The van der Waals surface area contributed by atoms with Gasteiger partial charge in [-0.3, -0.25) is 4.79 Å². The van der Waals surface area contributed by atoms with Gasteiger partial charge in [0.15, 0.2) is 5.69 Å². The molecule has 1 aliphatic rings. The van der Waals surface area contributed by atoms with Crippen LogP contribution in [-0.4, -0.2) is 43.9 Å². The number of halogens is 1. The number of likely N-dealkylation sites (tertiary alicyclic amines) is 1. The van der Waals surface area contributed by atoms with Gasteiger partial charge < -0.3 is 9.32 Å². The number of aromatic nitrogens is 4. The van der Waals surface area contributed by atoms with Gasteiger partial charge in [-0.1, -0.05) is 6.92 Å². The van der Waals surface area contributed by atoms with Crippen LogP contribution in [0.15, 0.2) is 52.9 Å². The van der Waals surface area contributed by atoms with Gasteiger partial charge in [0.2, 0.25) is 5.89 Å². The summed E-state index contributed by atoms with van der Waals surface area (Å²) < 4.78 is 21.0. The summed E-state index contributed by atoms with van der Waals surface area (Å²) in [5.41, 5.74) is 4.40. The van der Waals surface area contributed by atoms with E-state index in [2.05, 4.69) is 17.1 Å². The summed E-state index contributed by atoms with van der Waals surface area (Å²) in [7, 11) is 0. The first kappa shape index (κ1) is 22.0. The van der Waals surface area contributed by atoms with Crippen LogP contribution >= 0.6 is 0 Å². The van der Waals surface area contributed by atoms with E-state index >= 15 is 0 Å².